The number of hydrogen-bond acceptors (Lipinski definition) is 5. The fourth-order valence-corrected chi connectivity index (χ4v) is 1.06. The molecule has 8 heteroatoms. The molecule has 0 radical (unpaired) electrons. The first-order chi connectivity index (χ1) is 8.02. The lowest BCUT2D eigenvalue weighted by atomic mass is 10.3. The Balaban J connectivity index is 2.37. The van der Waals surface area contributed by atoms with Gasteiger partial charge in [-0.1, -0.05) is 5.16 Å². The number of aromatic nitrogens is 1. The molecule has 0 aliphatic carbocycles. The number of nitrogens with one attached hydrogen (secondary N) is 2. The third-order valence-corrected chi connectivity index (χ3v) is 1.89. The number of hydrogen-bond donors (Lipinski definition) is 4. The second-order valence-electron chi connectivity index (χ2n) is 3.34. The first-order valence-corrected chi connectivity index (χ1v) is 4.83. The van der Waals surface area contributed by atoms with Crippen molar-refractivity contribution in [2.45, 2.75) is 19.5 Å². The number of aliphatic carboxylic acids is 1. The molecule has 1 aromatic rings. The van der Waals surface area contributed by atoms with Gasteiger partial charge in [0, 0.05) is 6.07 Å². The van der Waals surface area contributed by atoms with Gasteiger partial charge in [-0.3, -0.25) is 0 Å². The second-order valence-corrected chi connectivity index (χ2v) is 3.34. The predicted molar refractivity (Wildman–Crippen MR) is 55.1 cm³/mol. The van der Waals surface area contributed by atoms with Gasteiger partial charge in [0.2, 0.25) is 0 Å². The molecule has 94 valence electrons. The molecular formula is C9H13N3O5. The number of carboxylic acids is 1. The van der Waals surface area contributed by atoms with Gasteiger partial charge >= 0.3 is 12.0 Å². The maximum atomic E-state index is 11.2. The number of aliphatic hydroxyl groups is 1. The lowest BCUT2D eigenvalue weighted by Crippen LogP contribution is -2.47. The predicted octanol–water partition coefficient (Wildman–Crippen LogP) is -0.772. The Bertz CT molecular complexity index is 403. The van der Waals surface area contributed by atoms with E-state index >= 15 is 0 Å². The molecule has 1 heterocycles. The van der Waals surface area contributed by atoms with E-state index in [4.69, 9.17) is 14.7 Å². The number of rotatable bonds is 5. The lowest BCUT2D eigenvalue weighted by molar-refractivity contribution is -0.140. The maximum Gasteiger partial charge on any atom is 0.328 e. The SMILES string of the molecule is Cc1cc(CNC(=O)N[C@H](CO)C(=O)O)on1. The summed E-state index contributed by atoms with van der Waals surface area (Å²) >= 11 is 0. The highest BCUT2D eigenvalue weighted by molar-refractivity contribution is 5.82. The van der Waals surface area contributed by atoms with Crippen molar-refractivity contribution in [3.63, 3.8) is 0 Å². The number of amides is 2. The van der Waals surface area contributed by atoms with E-state index in [-0.39, 0.29) is 6.54 Å². The molecule has 1 aromatic heterocycles. The summed E-state index contributed by atoms with van der Waals surface area (Å²) < 4.78 is 4.84. The van der Waals surface area contributed by atoms with Crippen molar-refractivity contribution < 1.29 is 24.3 Å². The fraction of sp³-hybridized carbons (Fsp3) is 0.444. The van der Waals surface area contributed by atoms with Crippen LogP contribution >= 0.6 is 0 Å². The van der Waals surface area contributed by atoms with Crippen LogP contribution in [0.15, 0.2) is 10.6 Å². The van der Waals surface area contributed by atoms with Gasteiger partial charge < -0.3 is 25.4 Å². The zero-order chi connectivity index (χ0) is 12.8. The van der Waals surface area contributed by atoms with Crippen LogP contribution in [0.2, 0.25) is 0 Å². The Morgan fingerprint density at radius 3 is 2.76 bits per heavy atom. The number of carbonyl (C=O) groups is 2. The van der Waals surface area contributed by atoms with Crippen molar-refractivity contribution in [1.82, 2.24) is 15.8 Å². The Morgan fingerprint density at radius 1 is 1.59 bits per heavy atom. The number of aliphatic hydroxyl groups excluding tert-OH is 1. The molecule has 0 unspecified atom stereocenters. The summed E-state index contributed by atoms with van der Waals surface area (Å²) in [6.45, 7) is 1.15. The number of nitrogens with zero attached hydrogens (tertiary/aromatic N) is 1. The molecule has 1 rings (SSSR count). The van der Waals surface area contributed by atoms with Crippen LogP contribution in [-0.2, 0) is 11.3 Å². The highest BCUT2D eigenvalue weighted by atomic mass is 16.5. The molecular weight excluding hydrogens is 230 g/mol. The smallest absolute Gasteiger partial charge is 0.328 e. The van der Waals surface area contributed by atoms with Crippen molar-refractivity contribution in [3.05, 3.63) is 17.5 Å². The van der Waals surface area contributed by atoms with Crippen LogP contribution in [0, 0.1) is 6.92 Å². The van der Waals surface area contributed by atoms with Crippen molar-refractivity contribution in [2.24, 2.45) is 0 Å². The minimum absolute atomic E-state index is 0.0877. The normalized spacial score (nSPS) is 11.9. The first kappa shape index (κ1) is 13.0. The largest absolute Gasteiger partial charge is 0.480 e. The Hall–Kier alpha value is -2.09. The molecule has 8 nitrogen and oxygen atoms in total. The summed E-state index contributed by atoms with van der Waals surface area (Å²) in [4.78, 5) is 21.8. The van der Waals surface area contributed by atoms with E-state index < -0.39 is 24.6 Å². The first-order valence-electron chi connectivity index (χ1n) is 4.83. The van der Waals surface area contributed by atoms with Gasteiger partial charge in [-0.25, -0.2) is 9.59 Å². The van der Waals surface area contributed by atoms with Crippen LogP contribution in [0.25, 0.3) is 0 Å². The van der Waals surface area contributed by atoms with Gasteiger partial charge in [-0.15, -0.1) is 0 Å². The van der Waals surface area contributed by atoms with Crippen LogP contribution in [0.3, 0.4) is 0 Å². The van der Waals surface area contributed by atoms with Crippen molar-refractivity contribution in [2.75, 3.05) is 6.61 Å². The molecule has 17 heavy (non-hydrogen) atoms. The highest BCUT2D eigenvalue weighted by Crippen LogP contribution is 2.00. The van der Waals surface area contributed by atoms with Crippen LogP contribution in [0.5, 0.6) is 0 Å². The molecule has 0 spiro atoms. The van der Waals surface area contributed by atoms with Crippen molar-refractivity contribution in [1.29, 1.82) is 0 Å². The summed E-state index contributed by atoms with van der Waals surface area (Å²) in [5.74, 6) is -0.855. The summed E-state index contributed by atoms with van der Waals surface area (Å²) in [5.41, 5.74) is 0.681. The van der Waals surface area contributed by atoms with E-state index in [2.05, 4.69) is 15.8 Å². The zero-order valence-electron chi connectivity index (χ0n) is 9.14. The van der Waals surface area contributed by atoms with E-state index in [9.17, 15) is 9.59 Å². The standard InChI is InChI=1S/C9H13N3O5/c1-5-2-6(17-12-5)3-10-9(16)11-7(4-13)8(14)15/h2,7,13H,3-4H2,1H3,(H,14,15)(H2,10,11,16)/t7-/m1/s1. The van der Waals surface area contributed by atoms with Crippen molar-refractivity contribution >= 4 is 12.0 Å². The van der Waals surface area contributed by atoms with E-state index in [0.29, 0.717) is 11.5 Å². The number of carboxylic acid groups (broad SMARTS) is 1. The molecule has 0 aliphatic heterocycles. The highest BCUT2D eigenvalue weighted by Gasteiger charge is 2.18. The van der Waals surface area contributed by atoms with Crippen molar-refractivity contribution in [3.8, 4) is 0 Å². The van der Waals surface area contributed by atoms with Crippen LogP contribution in [0.1, 0.15) is 11.5 Å². The minimum Gasteiger partial charge on any atom is -0.480 e. The molecule has 0 saturated carbocycles. The molecule has 0 aromatic carbocycles. The Labute approximate surface area is 96.6 Å². The average molecular weight is 243 g/mol. The van der Waals surface area contributed by atoms with Gasteiger partial charge in [-0.2, -0.15) is 0 Å². The van der Waals surface area contributed by atoms with E-state index in [0.717, 1.165) is 0 Å². The van der Waals surface area contributed by atoms with E-state index in [1.54, 1.807) is 13.0 Å². The zero-order valence-corrected chi connectivity index (χ0v) is 9.14. The van der Waals surface area contributed by atoms with Gasteiger partial charge in [0.1, 0.15) is 0 Å². The number of carbonyl (C=O) groups excluding carboxylic acids is 1. The molecule has 0 aliphatic rings. The summed E-state index contributed by atoms with van der Waals surface area (Å²) in [6, 6.07) is -0.395. The molecule has 1 atom stereocenters. The lowest BCUT2D eigenvalue weighted by Gasteiger charge is -2.11. The Kier molecular flexibility index (Phi) is 4.46. The molecule has 0 fully saturated rings. The monoisotopic (exact) mass is 243 g/mol. The second kappa shape index (κ2) is 5.85. The van der Waals surface area contributed by atoms with Gasteiger partial charge in [-0.05, 0) is 6.92 Å². The van der Waals surface area contributed by atoms with Gasteiger partial charge in [0.15, 0.2) is 11.8 Å². The van der Waals surface area contributed by atoms with Crippen LogP contribution in [0.4, 0.5) is 4.79 Å². The number of aryl methyl sites for hydroxylation is 1. The topological polar surface area (TPSA) is 125 Å². The quantitative estimate of drug-likeness (QED) is 0.538. The summed E-state index contributed by atoms with van der Waals surface area (Å²) in [7, 11) is 0. The maximum absolute atomic E-state index is 11.2. The minimum atomic E-state index is -1.33. The molecule has 2 amide bonds. The number of urea groups is 1. The van der Waals surface area contributed by atoms with Crippen LogP contribution < -0.4 is 10.6 Å². The third kappa shape index (κ3) is 4.11. The van der Waals surface area contributed by atoms with Gasteiger partial charge in [0.05, 0.1) is 18.8 Å². The molecule has 0 bridgehead atoms. The third-order valence-electron chi connectivity index (χ3n) is 1.89. The molecule has 4 N–H and O–H groups in total. The summed E-state index contributed by atoms with van der Waals surface area (Å²) in [5, 5.41) is 25.3. The average Bonchev–Trinajstić information content (AvgIpc) is 2.68. The summed E-state index contributed by atoms with van der Waals surface area (Å²) in [6.07, 6.45) is 0. The van der Waals surface area contributed by atoms with Gasteiger partial charge in [0.25, 0.3) is 0 Å². The van der Waals surface area contributed by atoms with E-state index in [1.165, 1.54) is 0 Å². The fourth-order valence-electron chi connectivity index (χ4n) is 1.06. The molecule has 0 saturated heterocycles. The van der Waals surface area contributed by atoms with Crippen LogP contribution in [-0.4, -0.2) is 40.0 Å². The Morgan fingerprint density at radius 2 is 2.29 bits per heavy atom. The van der Waals surface area contributed by atoms with E-state index in [1.807, 2.05) is 0 Å².